The molecule has 0 spiro atoms. The van der Waals surface area contributed by atoms with E-state index in [1.165, 1.54) is 122 Å². The zero-order valence-electron chi connectivity index (χ0n) is 65.4. The summed E-state index contributed by atoms with van der Waals surface area (Å²) in [6.45, 7) is 10.6. The Labute approximate surface area is 660 Å². The number of phosphoric acid groups is 2. The molecule has 4 rings (SSSR count). The second-order valence-electron chi connectivity index (χ2n) is 29.8. The molecule has 20 nitrogen and oxygen atoms in total. The SMILES string of the molecule is CC(=O)OC1CCC2(C)C(=CCC3C4CCC(=O)C4(C)CCC32)C1.CCCCCCCCCCCC(=O)OCC(COP(=O)([O-])OCC(O)COP(=O)([O-])OCC(COC(=O)CCCCCCCCCCC)OC(=O)CCCCCCCCCCC)OC(=O)CCCCCCCCCCC.[Na+].[Na+]. The van der Waals surface area contributed by atoms with Crippen LogP contribution in [0.25, 0.3) is 0 Å². The molecule has 582 valence electrons. The molecule has 3 fully saturated rings. The third kappa shape index (κ3) is 44.0. The summed E-state index contributed by atoms with van der Waals surface area (Å²) in [5, 5.41) is 10.4. The second-order valence-corrected chi connectivity index (χ2v) is 32.6. The van der Waals surface area contributed by atoms with Gasteiger partial charge in [0.1, 0.15) is 31.2 Å². The maximum absolute atomic E-state index is 12.8. The predicted octanol–water partition coefficient (Wildman–Crippen LogP) is 12.4. The molecule has 0 bridgehead atoms. The summed E-state index contributed by atoms with van der Waals surface area (Å²) in [5.74, 6) is 0.0916. The van der Waals surface area contributed by atoms with Crippen molar-refractivity contribution in [2.75, 3.05) is 39.6 Å². The number of carbonyl (C=O) groups is 6. The molecule has 10 atom stereocenters. The van der Waals surface area contributed by atoms with Crippen LogP contribution in [0.15, 0.2) is 11.6 Å². The molecule has 1 N–H and O–H groups in total. The topological polar surface area (TPSA) is 286 Å². The first-order valence-electron chi connectivity index (χ1n) is 40.0. The molecule has 0 aliphatic heterocycles. The van der Waals surface area contributed by atoms with Gasteiger partial charge in [0.15, 0.2) is 12.2 Å². The Hall–Kier alpha value is -1.06. The van der Waals surface area contributed by atoms with Gasteiger partial charge in [0.2, 0.25) is 0 Å². The molecule has 24 heteroatoms. The fourth-order valence-electron chi connectivity index (χ4n) is 15.1. The Morgan fingerprint density at radius 1 is 0.471 bits per heavy atom. The maximum Gasteiger partial charge on any atom is 1.00 e. The number of unbranched alkanes of at least 4 members (excludes halogenated alkanes) is 32. The minimum absolute atomic E-state index is 0. The third-order valence-corrected chi connectivity index (χ3v) is 23.0. The molecule has 4 aliphatic carbocycles. The smallest absolute Gasteiger partial charge is 0.756 e. The van der Waals surface area contributed by atoms with E-state index < -0.39 is 97.5 Å². The summed E-state index contributed by atoms with van der Waals surface area (Å²) < 4.78 is 72.2. The van der Waals surface area contributed by atoms with E-state index >= 15 is 0 Å². The van der Waals surface area contributed by atoms with E-state index in [2.05, 4.69) is 47.6 Å². The number of ether oxygens (including phenoxy) is 5. The Bertz CT molecular complexity index is 2290. The van der Waals surface area contributed by atoms with Gasteiger partial charge in [-0.25, -0.2) is 0 Å². The molecule has 4 aliphatic rings. The number of phosphoric ester groups is 2. The summed E-state index contributed by atoms with van der Waals surface area (Å²) in [5.41, 5.74) is 1.74. The molecule has 0 aromatic rings. The monoisotopic (exact) mass is 1500 g/mol. The van der Waals surface area contributed by atoms with E-state index in [0.29, 0.717) is 49.2 Å². The molecule has 0 amide bonds. The molecule has 10 unspecified atom stereocenters. The van der Waals surface area contributed by atoms with E-state index in [1.807, 2.05) is 0 Å². The zero-order chi connectivity index (χ0) is 73.3. The predicted molar refractivity (Wildman–Crippen MR) is 386 cm³/mol. The van der Waals surface area contributed by atoms with Crippen LogP contribution in [-0.4, -0.2) is 105 Å². The van der Waals surface area contributed by atoms with Gasteiger partial charge in [-0.3, -0.25) is 37.9 Å². The maximum atomic E-state index is 12.8. The van der Waals surface area contributed by atoms with E-state index in [4.69, 9.17) is 41.8 Å². The van der Waals surface area contributed by atoms with Crippen LogP contribution in [-0.2, 0) is 79.7 Å². The number of fused-ring (bicyclic) bond motifs is 5. The van der Waals surface area contributed by atoms with Crippen LogP contribution in [0.1, 0.15) is 357 Å². The van der Waals surface area contributed by atoms with E-state index in [1.54, 1.807) is 0 Å². The van der Waals surface area contributed by atoms with Gasteiger partial charge < -0.3 is 56.7 Å². The molecule has 0 aromatic heterocycles. The van der Waals surface area contributed by atoms with Crippen LogP contribution >= 0.6 is 15.6 Å². The van der Waals surface area contributed by atoms with Gasteiger partial charge in [-0.1, -0.05) is 259 Å². The number of esters is 5. The molecule has 0 aromatic carbocycles. The van der Waals surface area contributed by atoms with Crippen LogP contribution in [0.5, 0.6) is 0 Å². The van der Waals surface area contributed by atoms with Crippen LogP contribution in [0, 0.1) is 28.6 Å². The van der Waals surface area contributed by atoms with Gasteiger partial charge in [0, 0.05) is 50.9 Å². The van der Waals surface area contributed by atoms with E-state index in [9.17, 15) is 52.8 Å². The number of Topliss-reactive ketones (excluding diaryl/α,β-unsaturated/α-hetero) is 1. The van der Waals surface area contributed by atoms with Crippen molar-refractivity contribution in [2.45, 2.75) is 381 Å². The molecule has 0 saturated heterocycles. The van der Waals surface area contributed by atoms with Gasteiger partial charge >= 0.3 is 89.0 Å². The first-order chi connectivity index (χ1) is 48.0. The van der Waals surface area contributed by atoms with Crippen molar-refractivity contribution in [1.82, 2.24) is 0 Å². The van der Waals surface area contributed by atoms with Crippen molar-refractivity contribution in [3.8, 4) is 0 Å². The first-order valence-corrected chi connectivity index (χ1v) is 42.9. The summed E-state index contributed by atoms with van der Waals surface area (Å²) in [6, 6.07) is 0. The first kappa shape index (κ1) is 98.9. The Morgan fingerprint density at radius 3 is 1.16 bits per heavy atom. The number of ketones is 1. The molecule has 102 heavy (non-hydrogen) atoms. The van der Waals surface area contributed by atoms with E-state index in [0.717, 1.165) is 148 Å². The Morgan fingerprint density at radius 2 is 0.794 bits per heavy atom. The van der Waals surface area contributed by atoms with Crippen LogP contribution in [0.3, 0.4) is 0 Å². The van der Waals surface area contributed by atoms with Crippen LogP contribution < -0.4 is 68.9 Å². The zero-order valence-corrected chi connectivity index (χ0v) is 71.2. The quantitative estimate of drug-likeness (QED) is 0.0148. The molecule has 0 radical (unpaired) electrons. The van der Waals surface area contributed by atoms with Crippen molar-refractivity contribution in [2.24, 2.45) is 28.6 Å². The summed E-state index contributed by atoms with van der Waals surface area (Å²) in [6.07, 6.45) is 45.1. The van der Waals surface area contributed by atoms with Crippen molar-refractivity contribution >= 4 is 51.3 Å². The number of hydrogen-bond acceptors (Lipinski definition) is 20. The Kier molecular flexibility index (Phi) is 57.1. The number of aliphatic hydroxyl groups excluding tert-OH is 1. The number of rotatable bonds is 59. The molecule has 3 saturated carbocycles. The number of carbonyl (C=O) groups excluding carboxylic acids is 6. The van der Waals surface area contributed by atoms with Gasteiger partial charge in [-0.15, -0.1) is 0 Å². The largest absolute Gasteiger partial charge is 1.00 e. The van der Waals surface area contributed by atoms with E-state index in [-0.39, 0.29) is 108 Å². The van der Waals surface area contributed by atoms with Gasteiger partial charge in [0.05, 0.1) is 26.4 Å². The van der Waals surface area contributed by atoms with Crippen molar-refractivity contribution in [1.29, 1.82) is 0 Å². The van der Waals surface area contributed by atoms with Crippen LogP contribution in [0.4, 0.5) is 0 Å². The number of hydrogen-bond donors (Lipinski definition) is 1. The average Bonchev–Trinajstić information content (AvgIpc) is 1.42. The molecular formula is C78H138Na2O20P2. The average molecular weight is 1500 g/mol. The van der Waals surface area contributed by atoms with Crippen LogP contribution in [0.2, 0.25) is 0 Å². The normalized spacial score (nSPS) is 21.8. The van der Waals surface area contributed by atoms with Crippen molar-refractivity contribution < 1.29 is 154 Å². The van der Waals surface area contributed by atoms with Gasteiger partial charge in [-0.2, -0.15) is 0 Å². The fraction of sp³-hybridized carbons (Fsp3) is 0.897. The third-order valence-electron chi connectivity index (χ3n) is 21.2. The fourth-order valence-corrected chi connectivity index (χ4v) is 16.7. The van der Waals surface area contributed by atoms with Crippen molar-refractivity contribution in [3.63, 3.8) is 0 Å². The minimum atomic E-state index is -5.20. The summed E-state index contributed by atoms with van der Waals surface area (Å²) in [7, 11) is -10.4. The molecular weight excluding hydrogens is 1360 g/mol. The summed E-state index contributed by atoms with van der Waals surface area (Å²) >= 11 is 0. The van der Waals surface area contributed by atoms with Crippen molar-refractivity contribution in [3.05, 3.63) is 11.6 Å². The number of allylic oxidation sites excluding steroid dienone is 1. The van der Waals surface area contributed by atoms with Gasteiger partial charge in [0.25, 0.3) is 15.6 Å². The summed E-state index contributed by atoms with van der Waals surface area (Å²) in [4.78, 5) is 100.0. The second kappa shape index (κ2) is 58.8. The molecule has 0 heterocycles. The van der Waals surface area contributed by atoms with Gasteiger partial charge in [-0.05, 0) is 87.4 Å². The minimum Gasteiger partial charge on any atom is -0.756 e. The standard InChI is InChI=1S/C57H110O17P2.C21H30O3.2Na/c1-5-9-13-17-21-25-29-33-37-41-54(59)67-47-52(73-56(61)43-39-35-31-27-23-19-15-11-7-3)49-71-75(63,64)69-45-51(58)46-70-76(65,66)72-50-53(74-57(62)44-40-36-32-28-24-20-16-12-8-4)48-68-55(60)42-38-34-30-26-22-18-14-10-6-2;1-13(22)24-15-8-10-20(2)14(12-15)4-5-16-17-6-7-19(23)21(17,3)11-9-18(16)20;;/h51-53,58H,5-50H2,1-4H3,(H,63,64)(H,65,66);4,15-18H,5-12H2,1-3H3;;/q;;2*+1/p-2. The number of aliphatic hydroxyl groups is 1. The Balaban J connectivity index is 0.00000165.